The van der Waals surface area contributed by atoms with Gasteiger partial charge in [-0.3, -0.25) is 4.79 Å². The molecule has 0 radical (unpaired) electrons. The zero-order chi connectivity index (χ0) is 14.0. The van der Waals surface area contributed by atoms with Gasteiger partial charge in [0.15, 0.2) is 0 Å². The second-order valence-electron chi connectivity index (χ2n) is 4.52. The van der Waals surface area contributed by atoms with Crippen LogP contribution in [0.2, 0.25) is 0 Å². The standard InChI is InChI=1S/C13H24F2O2S/c1-4-7-11(13(16)17-10(2)3)18-9-6-5-8-12(14)15/h10-12H,4-9H2,1-3H3. The van der Waals surface area contributed by atoms with Crippen molar-refractivity contribution in [1.82, 2.24) is 0 Å². The molecule has 1 unspecified atom stereocenters. The van der Waals surface area contributed by atoms with Gasteiger partial charge in [0.25, 0.3) is 0 Å². The summed E-state index contributed by atoms with van der Waals surface area (Å²) in [7, 11) is 0. The molecule has 0 saturated carbocycles. The Balaban J connectivity index is 3.85. The number of esters is 1. The molecule has 0 saturated heterocycles. The highest BCUT2D eigenvalue weighted by Gasteiger charge is 2.20. The minimum Gasteiger partial charge on any atom is -0.462 e. The van der Waals surface area contributed by atoms with Crippen LogP contribution >= 0.6 is 11.8 Å². The maximum Gasteiger partial charge on any atom is 0.319 e. The molecular weight excluding hydrogens is 258 g/mol. The van der Waals surface area contributed by atoms with Gasteiger partial charge < -0.3 is 4.74 Å². The Morgan fingerprint density at radius 2 is 1.89 bits per heavy atom. The SMILES string of the molecule is CCCC(SCCCCC(F)F)C(=O)OC(C)C. The molecule has 18 heavy (non-hydrogen) atoms. The summed E-state index contributed by atoms with van der Waals surface area (Å²) in [6.07, 6.45) is 0.582. The van der Waals surface area contributed by atoms with Gasteiger partial charge in [-0.1, -0.05) is 13.3 Å². The lowest BCUT2D eigenvalue weighted by molar-refractivity contribution is -0.146. The van der Waals surface area contributed by atoms with Crippen LogP contribution in [-0.4, -0.2) is 29.5 Å². The third-order valence-corrected chi connectivity index (χ3v) is 3.66. The molecular formula is C13H24F2O2S. The predicted octanol–water partition coefficient (Wildman–Crippen LogP) is 4.28. The summed E-state index contributed by atoms with van der Waals surface area (Å²) < 4.78 is 29.0. The predicted molar refractivity (Wildman–Crippen MR) is 72.2 cm³/mol. The fourth-order valence-electron chi connectivity index (χ4n) is 1.47. The number of rotatable bonds is 10. The molecule has 0 N–H and O–H groups in total. The third-order valence-electron chi connectivity index (χ3n) is 2.30. The topological polar surface area (TPSA) is 26.3 Å². The Bertz CT molecular complexity index is 223. The Hall–Kier alpha value is -0.320. The highest BCUT2D eigenvalue weighted by Crippen LogP contribution is 2.21. The van der Waals surface area contributed by atoms with Gasteiger partial charge in [0.2, 0.25) is 6.43 Å². The lowest BCUT2D eigenvalue weighted by Crippen LogP contribution is -2.23. The van der Waals surface area contributed by atoms with Crippen LogP contribution in [0.25, 0.3) is 0 Å². The molecule has 0 aliphatic heterocycles. The molecule has 108 valence electrons. The number of thioether (sulfide) groups is 1. The van der Waals surface area contributed by atoms with Crippen LogP contribution in [0.15, 0.2) is 0 Å². The highest BCUT2D eigenvalue weighted by atomic mass is 32.2. The van der Waals surface area contributed by atoms with Crippen molar-refractivity contribution in [2.75, 3.05) is 5.75 Å². The second-order valence-corrected chi connectivity index (χ2v) is 5.83. The van der Waals surface area contributed by atoms with E-state index in [1.807, 2.05) is 20.8 Å². The number of hydrogen-bond donors (Lipinski definition) is 0. The first-order chi connectivity index (χ1) is 8.47. The van der Waals surface area contributed by atoms with E-state index in [0.717, 1.165) is 25.0 Å². The van der Waals surface area contributed by atoms with Crippen molar-refractivity contribution in [2.24, 2.45) is 0 Å². The summed E-state index contributed by atoms with van der Waals surface area (Å²) in [5, 5.41) is -0.149. The van der Waals surface area contributed by atoms with Crippen molar-refractivity contribution < 1.29 is 18.3 Å². The molecule has 1 atom stereocenters. The molecule has 0 heterocycles. The van der Waals surface area contributed by atoms with E-state index in [-0.39, 0.29) is 23.7 Å². The average Bonchev–Trinajstić information content (AvgIpc) is 2.25. The number of hydrogen-bond acceptors (Lipinski definition) is 3. The molecule has 0 aliphatic carbocycles. The molecule has 0 rings (SSSR count). The molecule has 0 aliphatic rings. The Morgan fingerprint density at radius 3 is 2.39 bits per heavy atom. The summed E-state index contributed by atoms with van der Waals surface area (Å²) in [4.78, 5) is 11.8. The largest absolute Gasteiger partial charge is 0.462 e. The lowest BCUT2D eigenvalue weighted by Gasteiger charge is -2.16. The van der Waals surface area contributed by atoms with Crippen LogP contribution in [0, 0.1) is 0 Å². The van der Waals surface area contributed by atoms with E-state index in [1.54, 1.807) is 0 Å². The molecule has 5 heteroatoms. The molecule has 0 aromatic rings. The summed E-state index contributed by atoms with van der Waals surface area (Å²) in [6.45, 7) is 5.68. The first kappa shape index (κ1) is 17.7. The maximum absolute atomic E-state index is 11.9. The molecule has 0 aromatic heterocycles. The lowest BCUT2D eigenvalue weighted by atomic mass is 10.2. The van der Waals surface area contributed by atoms with E-state index in [4.69, 9.17) is 4.74 Å². The fourth-order valence-corrected chi connectivity index (χ4v) is 2.72. The van der Waals surface area contributed by atoms with Crippen LogP contribution in [0.1, 0.15) is 52.9 Å². The van der Waals surface area contributed by atoms with E-state index < -0.39 is 6.43 Å². The van der Waals surface area contributed by atoms with Crippen molar-refractivity contribution in [3.8, 4) is 0 Å². The van der Waals surface area contributed by atoms with Crippen molar-refractivity contribution in [3.63, 3.8) is 0 Å². The van der Waals surface area contributed by atoms with E-state index in [1.165, 1.54) is 11.8 Å². The summed E-state index contributed by atoms with van der Waals surface area (Å²) in [5.74, 6) is 0.565. The van der Waals surface area contributed by atoms with Gasteiger partial charge in [-0.2, -0.15) is 0 Å². The van der Waals surface area contributed by atoms with Gasteiger partial charge in [-0.15, -0.1) is 11.8 Å². The van der Waals surface area contributed by atoms with Gasteiger partial charge in [0.05, 0.1) is 6.10 Å². The Labute approximate surface area is 113 Å². The summed E-state index contributed by atoms with van der Waals surface area (Å²) >= 11 is 1.53. The minimum absolute atomic E-state index is 0.0462. The summed E-state index contributed by atoms with van der Waals surface area (Å²) in [6, 6.07) is 0. The number of ether oxygens (including phenoxy) is 1. The third kappa shape index (κ3) is 9.68. The number of alkyl halides is 2. The quantitative estimate of drug-likeness (QED) is 0.442. The smallest absolute Gasteiger partial charge is 0.319 e. The molecule has 0 fully saturated rings. The van der Waals surface area contributed by atoms with Crippen LogP contribution in [0.5, 0.6) is 0 Å². The number of carbonyl (C=O) groups excluding carboxylic acids is 1. The van der Waals surface area contributed by atoms with Gasteiger partial charge in [-0.05, 0) is 38.9 Å². The number of halogens is 2. The number of carbonyl (C=O) groups is 1. The van der Waals surface area contributed by atoms with Crippen LogP contribution < -0.4 is 0 Å². The van der Waals surface area contributed by atoms with Gasteiger partial charge in [0.1, 0.15) is 5.25 Å². The van der Waals surface area contributed by atoms with Crippen molar-refractivity contribution in [1.29, 1.82) is 0 Å². The van der Waals surface area contributed by atoms with Crippen molar-refractivity contribution in [2.45, 2.75) is 70.7 Å². The maximum atomic E-state index is 11.9. The molecule has 0 bridgehead atoms. The van der Waals surface area contributed by atoms with E-state index in [9.17, 15) is 13.6 Å². The van der Waals surface area contributed by atoms with Gasteiger partial charge in [-0.25, -0.2) is 8.78 Å². The monoisotopic (exact) mass is 282 g/mol. The fraction of sp³-hybridized carbons (Fsp3) is 0.923. The first-order valence-corrected chi connectivity index (χ1v) is 7.62. The second kappa shape index (κ2) is 10.6. The van der Waals surface area contributed by atoms with Crippen LogP contribution in [-0.2, 0) is 9.53 Å². The van der Waals surface area contributed by atoms with Crippen molar-refractivity contribution >= 4 is 17.7 Å². The van der Waals surface area contributed by atoms with E-state index in [0.29, 0.717) is 6.42 Å². The highest BCUT2D eigenvalue weighted by molar-refractivity contribution is 8.00. The van der Waals surface area contributed by atoms with E-state index in [2.05, 4.69) is 0 Å². The van der Waals surface area contributed by atoms with Crippen LogP contribution in [0.3, 0.4) is 0 Å². The Morgan fingerprint density at radius 1 is 1.22 bits per heavy atom. The molecule has 0 aromatic carbocycles. The summed E-state index contributed by atoms with van der Waals surface area (Å²) in [5.41, 5.74) is 0. The molecule has 0 amide bonds. The van der Waals surface area contributed by atoms with Crippen molar-refractivity contribution in [3.05, 3.63) is 0 Å². The van der Waals surface area contributed by atoms with Crippen LogP contribution in [0.4, 0.5) is 8.78 Å². The first-order valence-electron chi connectivity index (χ1n) is 6.57. The normalized spacial score (nSPS) is 13.1. The zero-order valence-electron chi connectivity index (χ0n) is 11.5. The van der Waals surface area contributed by atoms with Gasteiger partial charge in [0, 0.05) is 6.42 Å². The zero-order valence-corrected chi connectivity index (χ0v) is 12.3. The minimum atomic E-state index is -2.22. The Kier molecular flexibility index (Phi) is 10.4. The average molecular weight is 282 g/mol. The van der Waals surface area contributed by atoms with E-state index >= 15 is 0 Å². The molecule has 0 spiro atoms. The van der Waals surface area contributed by atoms with Gasteiger partial charge >= 0.3 is 5.97 Å². The molecule has 2 nitrogen and oxygen atoms in total. The number of unbranched alkanes of at least 4 members (excludes halogenated alkanes) is 1.